The van der Waals surface area contributed by atoms with Crippen LogP contribution in [0.4, 0.5) is 0 Å². The summed E-state index contributed by atoms with van der Waals surface area (Å²) in [7, 11) is 0. The van der Waals surface area contributed by atoms with Gasteiger partial charge in [0.25, 0.3) is 0 Å². The molecule has 0 radical (unpaired) electrons. The SMILES string of the molecule is C=c1c(=N/C=C(\C)N2CCOCC2)c2n(c(=O)n1Cc1ccc(Cl)cc1)C[C@@H](C(C)C)N=2. The number of hydrogen-bond acceptors (Lipinski definition) is 5. The fourth-order valence-electron chi connectivity index (χ4n) is 4.00. The molecule has 0 saturated carbocycles. The monoisotopic (exact) mass is 455 g/mol. The van der Waals surface area contributed by atoms with Crippen molar-refractivity contribution in [1.29, 1.82) is 0 Å². The molecule has 3 heterocycles. The van der Waals surface area contributed by atoms with Crippen LogP contribution in [0.1, 0.15) is 26.3 Å². The molecule has 32 heavy (non-hydrogen) atoms. The average molecular weight is 456 g/mol. The van der Waals surface area contributed by atoms with E-state index in [4.69, 9.17) is 26.3 Å². The first-order valence-electron chi connectivity index (χ1n) is 11.0. The summed E-state index contributed by atoms with van der Waals surface area (Å²) in [6, 6.07) is 7.55. The third-order valence-electron chi connectivity index (χ3n) is 6.10. The van der Waals surface area contributed by atoms with Gasteiger partial charge in [-0.3, -0.25) is 14.1 Å². The van der Waals surface area contributed by atoms with Crippen molar-refractivity contribution in [2.45, 2.75) is 39.9 Å². The molecule has 1 aromatic heterocycles. The molecule has 0 unspecified atom stereocenters. The van der Waals surface area contributed by atoms with Gasteiger partial charge in [0.1, 0.15) is 5.36 Å². The first-order chi connectivity index (χ1) is 15.3. The van der Waals surface area contributed by atoms with E-state index >= 15 is 0 Å². The highest BCUT2D eigenvalue weighted by molar-refractivity contribution is 6.30. The summed E-state index contributed by atoms with van der Waals surface area (Å²) >= 11 is 6.03. The Morgan fingerprint density at radius 1 is 1.31 bits per heavy atom. The first kappa shape index (κ1) is 22.6. The van der Waals surface area contributed by atoms with Crippen molar-refractivity contribution in [2.24, 2.45) is 15.9 Å². The third kappa shape index (κ3) is 4.59. The highest BCUT2D eigenvalue weighted by Crippen LogP contribution is 2.11. The van der Waals surface area contributed by atoms with Gasteiger partial charge in [0.15, 0.2) is 5.49 Å². The molecule has 1 fully saturated rings. The number of fused-ring (bicyclic) bond motifs is 1. The van der Waals surface area contributed by atoms with Crippen LogP contribution >= 0.6 is 11.6 Å². The van der Waals surface area contributed by atoms with Crippen molar-refractivity contribution < 1.29 is 4.74 Å². The van der Waals surface area contributed by atoms with Gasteiger partial charge >= 0.3 is 5.69 Å². The largest absolute Gasteiger partial charge is 0.378 e. The Hall–Kier alpha value is -2.64. The fraction of sp³-hybridized carbons (Fsp3) is 0.458. The average Bonchev–Trinajstić information content (AvgIpc) is 3.24. The number of ether oxygens (including phenoxy) is 1. The van der Waals surface area contributed by atoms with Crippen molar-refractivity contribution >= 4 is 18.2 Å². The molecule has 0 spiro atoms. The molecule has 1 saturated heterocycles. The molecule has 0 bridgehead atoms. The minimum Gasteiger partial charge on any atom is -0.378 e. The second kappa shape index (κ2) is 9.46. The molecule has 2 aromatic rings. The topological polar surface area (TPSA) is 64.1 Å². The Bertz CT molecular complexity index is 1250. The summed E-state index contributed by atoms with van der Waals surface area (Å²) < 4.78 is 8.87. The Labute approximate surface area is 192 Å². The summed E-state index contributed by atoms with van der Waals surface area (Å²) in [6.45, 7) is 14.6. The van der Waals surface area contributed by atoms with Crippen LogP contribution < -0.4 is 21.9 Å². The van der Waals surface area contributed by atoms with Crippen molar-refractivity contribution in [1.82, 2.24) is 14.0 Å². The molecule has 170 valence electrons. The van der Waals surface area contributed by atoms with Crippen LogP contribution in [0, 0.1) is 5.92 Å². The van der Waals surface area contributed by atoms with Gasteiger partial charge in [0, 0.05) is 30.0 Å². The summed E-state index contributed by atoms with van der Waals surface area (Å²) in [5, 5.41) is 1.88. The molecular weight excluding hydrogens is 426 g/mol. The smallest absolute Gasteiger partial charge is 0.330 e. The second-order valence-corrected chi connectivity index (χ2v) is 9.10. The van der Waals surface area contributed by atoms with Crippen LogP contribution in [0.5, 0.6) is 0 Å². The van der Waals surface area contributed by atoms with Gasteiger partial charge in [-0.15, -0.1) is 0 Å². The predicted octanol–water partition coefficient (Wildman–Crippen LogP) is 1.51. The number of aromatic nitrogens is 2. The zero-order chi connectivity index (χ0) is 22.8. The molecule has 2 aliphatic rings. The lowest BCUT2D eigenvalue weighted by atomic mass is 10.1. The normalized spacial score (nSPS) is 19.4. The van der Waals surface area contributed by atoms with Crippen LogP contribution in [0.3, 0.4) is 0 Å². The number of allylic oxidation sites excluding steroid dienone is 1. The Kier molecular flexibility index (Phi) is 6.67. The molecule has 0 amide bonds. The van der Waals surface area contributed by atoms with E-state index in [9.17, 15) is 4.79 Å². The lowest BCUT2D eigenvalue weighted by molar-refractivity contribution is 0.0536. The van der Waals surface area contributed by atoms with Crippen LogP contribution in [-0.4, -0.2) is 46.4 Å². The lowest BCUT2D eigenvalue weighted by Crippen LogP contribution is -2.57. The van der Waals surface area contributed by atoms with Gasteiger partial charge in [-0.05, 0) is 30.5 Å². The van der Waals surface area contributed by atoms with E-state index in [1.165, 1.54) is 0 Å². The molecule has 7 nitrogen and oxygen atoms in total. The summed E-state index contributed by atoms with van der Waals surface area (Å²) in [5.74, 6) is 0.325. The summed E-state index contributed by atoms with van der Waals surface area (Å²) in [4.78, 5) is 25.3. The van der Waals surface area contributed by atoms with Crippen molar-refractivity contribution in [3.63, 3.8) is 0 Å². The first-order valence-corrected chi connectivity index (χ1v) is 11.4. The van der Waals surface area contributed by atoms with Gasteiger partial charge in [0.05, 0.1) is 37.7 Å². The third-order valence-corrected chi connectivity index (χ3v) is 6.35. The molecule has 8 heteroatoms. The maximum Gasteiger partial charge on any atom is 0.330 e. The summed E-state index contributed by atoms with van der Waals surface area (Å²) in [5.41, 5.74) is 2.54. The molecule has 2 aliphatic heterocycles. The van der Waals surface area contributed by atoms with Gasteiger partial charge < -0.3 is 9.64 Å². The van der Waals surface area contributed by atoms with E-state index in [1.54, 1.807) is 9.13 Å². The zero-order valence-electron chi connectivity index (χ0n) is 18.9. The highest BCUT2D eigenvalue weighted by Gasteiger charge is 2.23. The van der Waals surface area contributed by atoms with Gasteiger partial charge in [0.2, 0.25) is 0 Å². The van der Waals surface area contributed by atoms with Gasteiger partial charge in [-0.1, -0.05) is 44.2 Å². The minimum absolute atomic E-state index is 0.0479. The fourth-order valence-corrected chi connectivity index (χ4v) is 4.13. The maximum absolute atomic E-state index is 13.4. The molecule has 4 rings (SSSR count). The molecule has 0 N–H and O–H groups in total. The Morgan fingerprint density at radius 3 is 2.66 bits per heavy atom. The number of hydrogen-bond donors (Lipinski definition) is 0. The van der Waals surface area contributed by atoms with E-state index < -0.39 is 0 Å². The van der Waals surface area contributed by atoms with Crippen LogP contribution in [0.15, 0.2) is 50.9 Å². The van der Waals surface area contributed by atoms with E-state index in [0.29, 0.717) is 53.4 Å². The predicted molar refractivity (Wildman–Crippen MR) is 126 cm³/mol. The van der Waals surface area contributed by atoms with E-state index in [2.05, 4.69) is 25.3 Å². The van der Waals surface area contributed by atoms with Crippen LogP contribution in [0.2, 0.25) is 5.02 Å². The molecular formula is C24H30ClN5O2. The molecule has 1 aromatic carbocycles. The zero-order valence-corrected chi connectivity index (χ0v) is 19.7. The maximum atomic E-state index is 13.4. The molecule has 1 atom stereocenters. The van der Waals surface area contributed by atoms with Crippen molar-refractivity contribution in [3.05, 3.63) is 73.4 Å². The van der Waals surface area contributed by atoms with Crippen LogP contribution in [0.25, 0.3) is 6.58 Å². The number of benzene rings is 1. The summed E-state index contributed by atoms with van der Waals surface area (Å²) in [6.07, 6.45) is 1.85. The quantitative estimate of drug-likeness (QED) is 0.686. The Balaban J connectivity index is 1.84. The van der Waals surface area contributed by atoms with E-state index in [1.807, 2.05) is 37.4 Å². The van der Waals surface area contributed by atoms with Crippen molar-refractivity contribution in [2.75, 3.05) is 26.3 Å². The van der Waals surface area contributed by atoms with E-state index in [-0.39, 0.29) is 11.7 Å². The minimum atomic E-state index is -0.111. The van der Waals surface area contributed by atoms with Gasteiger partial charge in [-0.2, -0.15) is 0 Å². The second-order valence-electron chi connectivity index (χ2n) is 8.66. The lowest BCUT2D eigenvalue weighted by Gasteiger charge is -2.28. The van der Waals surface area contributed by atoms with Crippen LogP contribution in [-0.2, 0) is 17.8 Å². The number of halogens is 1. The van der Waals surface area contributed by atoms with Gasteiger partial charge in [-0.25, -0.2) is 9.79 Å². The van der Waals surface area contributed by atoms with E-state index in [0.717, 1.165) is 24.4 Å². The number of morpholine rings is 1. The Morgan fingerprint density at radius 2 is 2.00 bits per heavy atom. The van der Waals surface area contributed by atoms with Crippen molar-refractivity contribution in [3.8, 4) is 0 Å². The molecule has 0 aliphatic carbocycles. The standard InChI is InChI=1S/C24H30ClN5O2/c1-16(2)21-15-30-23(27-21)22(26-13-17(3)28-9-11-32-12-10-28)18(4)29(24(30)31)14-19-5-7-20(25)8-6-19/h5-8,13,16,21H,4,9-12,14-15H2,1-3H3/b17-13+,26-22?/t21-/m0/s1. The number of rotatable bonds is 5. The highest BCUT2D eigenvalue weighted by atomic mass is 35.5. The number of nitrogens with zero attached hydrogens (tertiary/aromatic N) is 5.